The predicted octanol–water partition coefficient (Wildman–Crippen LogP) is 5.96. The largest absolute Gasteiger partial charge is 0.460 e. The van der Waals surface area contributed by atoms with E-state index in [-0.39, 0.29) is 5.91 Å². The summed E-state index contributed by atoms with van der Waals surface area (Å²) in [6.45, 7) is 5.09. The maximum atomic E-state index is 12.3. The molecular formula is C27H36N4O3. The molecule has 1 aromatic heterocycles. The Morgan fingerprint density at radius 3 is 2.44 bits per heavy atom. The van der Waals surface area contributed by atoms with E-state index < -0.39 is 0 Å². The number of ether oxygens (including phenoxy) is 2. The highest BCUT2D eigenvalue weighted by atomic mass is 16.5. The third-order valence-corrected chi connectivity index (χ3v) is 5.65. The van der Waals surface area contributed by atoms with E-state index in [1.807, 2.05) is 55.5 Å². The van der Waals surface area contributed by atoms with Crippen molar-refractivity contribution in [2.45, 2.75) is 58.8 Å². The van der Waals surface area contributed by atoms with Crippen LogP contribution in [0.5, 0.6) is 6.01 Å². The van der Waals surface area contributed by atoms with Gasteiger partial charge >= 0.3 is 6.01 Å². The molecule has 1 N–H and O–H groups in total. The summed E-state index contributed by atoms with van der Waals surface area (Å²) in [7, 11) is 1.63. The second-order valence-electron chi connectivity index (χ2n) is 8.40. The topological polar surface area (TPSA) is 78.3 Å². The number of amides is 1. The zero-order valence-corrected chi connectivity index (χ0v) is 20.5. The summed E-state index contributed by atoms with van der Waals surface area (Å²) >= 11 is 0. The Balaban J connectivity index is 1.69. The molecule has 0 unspecified atom stereocenters. The van der Waals surface area contributed by atoms with Crippen LogP contribution >= 0.6 is 0 Å². The molecular weight excluding hydrogens is 428 g/mol. The van der Waals surface area contributed by atoms with Gasteiger partial charge in [-0.05, 0) is 43.2 Å². The minimum absolute atomic E-state index is 0.0541. The number of methoxy groups -OCH3 is 1. The maximum Gasteiger partial charge on any atom is 0.336 e. The van der Waals surface area contributed by atoms with Crippen molar-refractivity contribution in [3.63, 3.8) is 0 Å². The molecule has 0 aliphatic carbocycles. The highest BCUT2D eigenvalue weighted by Crippen LogP contribution is 2.27. The van der Waals surface area contributed by atoms with Gasteiger partial charge in [0.1, 0.15) is 6.61 Å². The number of aryl methyl sites for hydroxylation is 1. The lowest BCUT2D eigenvalue weighted by molar-refractivity contribution is -0.116. The summed E-state index contributed by atoms with van der Waals surface area (Å²) in [5.41, 5.74) is 3.68. The number of aromatic nitrogens is 3. The number of carbonyl (C=O) groups is 1. The van der Waals surface area contributed by atoms with Gasteiger partial charge in [0.05, 0.1) is 12.3 Å². The minimum atomic E-state index is 0.0541. The molecule has 7 heteroatoms. The second kappa shape index (κ2) is 13.5. The molecule has 0 spiro atoms. The van der Waals surface area contributed by atoms with Crippen molar-refractivity contribution in [1.29, 1.82) is 0 Å². The van der Waals surface area contributed by atoms with Gasteiger partial charge in [0.15, 0.2) is 5.82 Å². The molecule has 3 rings (SSSR count). The van der Waals surface area contributed by atoms with Crippen LogP contribution < -0.4 is 10.1 Å². The third-order valence-electron chi connectivity index (χ3n) is 5.65. The van der Waals surface area contributed by atoms with Gasteiger partial charge in [0, 0.05) is 24.8 Å². The van der Waals surface area contributed by atoms with Crippen molar-refractivity contribution in [1.82, 2.24) is 14.8 Å². The number of hydrogen-bond donors (Lipinski definition) is 1. The van der Waals surface area contributed by atoms with Crippen molar-refractivity contribution in [3.8, 4) is 23.1 Å². The molecule has 0 saturated heterocycles. The normalized spacial score (nSPS) is 10.9. The fourth-order valence-corrected chi connectivity index (χ4v) is 3.72. The molecule has 0 aliphatic rings. The SMILES string of the molecule is CCCCCCCCC(=O)Nc1ccc(-n2nc(OCCOC)nc2-c2ccccc2C)cc1. The summed E-state index contributed by atoms with van der Waals surface area (Å²) in [5, 5.41) is 7.57. The van der Waals surface area contributed by atoms with Crippen LogP contribution in [0.2, 0.25) is 0 Å². The van der Waals surface area contributed by atoms with E-state index in [2.05, 4.69) is 22.3 Å². The lowest BCUT2D eigenvalue weighted by atomic mass is 10.1. The van der Waals surface area contributed by atoms with Crippen LogP contribution in [0, 0.1) is 6.92 Å². The number of unbranched alkanes of at least 4 members (excludes halogenated alkanes) is 5. The van der Waals surface area contributed by atoms with E-state index in [1.165, 1.54) is 25.7 Å². The van der Waals surface area contributed by atoms with Crippen LogP contribution in [-0.2, 0) is 9.53 Å². The molecule has 1 amide bonds. The molecule has 1 heterocycles. The van der Waals surface area contributed by atoms with E-state index in [4.69, 9.17) is 9.47 Å². The van der Waals surface area contributed by atoms with Crippen molar-refractivity contribution >= 4 is 11.6 Å². The number of nitrogens with one attached hydrogen (secondary N) is 1. The Hall–Kier alpha value is -3.19. The average molecular weight is 465 g/mol. The van der Waals surface area contributed by atoms with Gasteiger partial charge in [-0.15, -0.1) is 5.10 Å². The molecule has 0 bridgehead atoms. The first-order valence-electron chi connectivity index (χ1n) is 12.2. The fraction of sp³-hybridized carbons (Fsp3) is 0.444. The van der Waals surface area contributed by atoms with E-state index in [1.54, 1.807) is 11.8 Å². The molecule has 0 fully saturated rings. The molecule has 0 saturated carbocycles. The molecule has 0 radical (unpaired) electrons. The number of carbonyl (C=O) groups excluding carboxylic acids is 1. The first-order valence-corrected chi connectivity index (χ1v) is 12.2. The Morgan fingerprint density at radius 2 is 1.71 bits per heavy atom. The van der Waals surface area contributed by atoms with Gasteiger partial charge in [-0.1, -0.05) is 63.3 Å². The van der Waals surface area contributed by atoms with Crippen molar-refractivity contribution in [2.75, 3.05) is 25.6 Å². The second-order valence-corrected chi connectivity index (χ2v) is 8.40. The van der Waals surface area contributed by atoms with Gasteiger partial charge in [-0.3, -0.25) is 4.79 Å². The fourth-order valence-electron chi connectivity index (χ4n) is 3.72. The number of rotatable bonds is 14. The van der Waals surface area contributed by atoms with Crippen LogP contribution in [0.4, 0.5) is 5.69 Å². The molecule has 0 aliphatic heterocycles. The zero-order valence-electron chi connectivity index (χ0n) is 20.5. The molecule has 7 nitrogen and oxygen atoms in total. The molecule has 2 aromatic carbocycles. The Kier molecular flexibility index (Phi) is 10.1. The summed E-state index contributed by atoms with van der Waals surface area (Å²) in [5.74, 6) is 0.754. The van der Waals surface area contributed by atoms with E-state index in [9.17, 15) is 4.79 Å². The van der Waals surface area contributed by atoms with Crippen LogP contribution in [0.25, 0.3) is 17.1 Å². The summed E-state index contributed by atoms with van der Waals surface area (Å²) in [4.78, 5) is 16.9. The van der Waals surface area contributed by atoms with Gasteiger partial charge in [-0.2, -0.15) is 4.98 Å². The third kappa shape index (κ3) is 7.42. The molecule has 182 valence electrons. The van der Waals surface area contributed by atoms with E-state index >= 15 is 0 Å². The predicted molar refractivity (Wildman–Crippen MR) is 136 cm³/mol. The molecule has 34 heavy (non-hydrogen) atoms. The maximum absolute atomic E-state index is 12.3. The minimum Gasteiger partial charge on any atom is -0.460 e. The van der Waals surface area contributed by atoms with Crippen LogP contribution in [0.1, 0.15) is 57.4 Å². The molecule has 3 aromatic rings. The summed E-state index contributed by atoms with van der Waals surface area (Å²) < 4.78 is 12.5. The van der Waals surface area contributed by atoms with E-state index in [0.717, 1.165) is 35.3 Å². The van der Waals surface area contributed by atoms with Crippen LogP contribution in [-0.4, -0.2) is 41.0 Å². The quantitative estimate of drug-likeness (QED) is 0.298. The zero-order chi connectivity index (χ0) is 24.2. The summed E-state index contributed by atoms with van der Waals surface area (Å²) in [6.07, 6.45) is 7.56. The van der Waals surface area contributed by atoms with Gasteiger partial charge < -0.3 is 14.8 Å². The van der Waals surface area contributed by atoms with E-state index in [0.29, 0.717) is 31.5 Å². The van der Waals surface area contributed by atoms with Crippen molar-refractivity contribution in [3.05, 3.63) is 54.1 Å². The Bertz CT molecular complexity index is 1030. The van der Waals surface area contributed by atoms with Crippen molar-refractivity contribution in [2.24, 2.45) is 0 Å². The highest BCUT2D eigenvalue weighted by Gasteiger charge is 2.16. The number of anilines is 1. The van der Waals surface area contributed by atoms with Gasteiger partial charge in [0.2, 0.25) is 5.91 Å². The lowest BCUT2D eigenvalue weighted by Crippen LogP contribution is -2.11. The van der Waals surface area contributed by atoms with Gasteiger partial charge in [0.25, 0.3) is 0 Å². The van der Waals surface area contributed by atoms with Crippen LogP contribution in [0.15, 0.2) is 48.5 Å². The first-order chi connectivity index (χ1) is 16.6. The highest BCUT2D eigenvalue weighted by molar-refractivity contribution is 5.90. The van der Waals surface area contributed by atoms with Gasteiger partial charge in [-0.25, -0.2) is 4.68 Å². The first kappa shape index (κ1) is 25.4. The monoisotopic (exact) mass is 464 g/mol. The molecule has 0 atom stereocenters. The Morgan fingerprint density at radius 1 is 0.971 bits per heavy atom. The summed E-state index contributed by atoms with van der Waals surface area (Å²) in [6, 6.07) is 16.0. The average Bonchev–Trinajstić information content (AvgIpc) is 3.26. The smallest absolute Gasteiger partial charge is 0.336 e. The number of benzene rings is 2. The lowest BCUT2D eigenvalue weighted by Gasteiger charge is -2.09. The number of nitrogens with zero attached hydrogens (tertiary/aromatic N) is 3. The standard InChI is InChI=1S/C27H36N4O3/c1-4-5-6-7-8-9-14-25(32)28-22-15-17-23(18-16-22)31-26(24-13-11-10-12-21(24)2)29-27(30-31)34-20-19-33-3/h10-13,15-18H,4-9,14,19-20H2,1-3H3,(H,28,32). The Labute approximate surface area is 202 Å². The van der Waals surface area contributed by atoms with Crippen molar-refractivity contribution < 1.29 is 14.3 Å². The number of hydrogen-bond acceptors (Lipinski definition) is 5. The van der Waals surface area contributed by atoms with Crippen LogP contribution in [0.3, 0.4) is 0 Å².